The normalized spacial score (nSPS) is 13.9. The number of carboxylic acid groups (broad SMARTS) is 1. The second-order valence-electron chi connectivity index (χ2n) is 8.89. The number of carboxylic acids is 1. The van der Waals surface area contributed by atoms with Gasteiger partial charge in [-0.25, -0.2) is 4.79 Å². The molecule has 0 saturated heterocycles. The van der Waals surface area contributed by atoms with Crippen LogP contribution in [-0.4, -0.2) is 42.8 Å². The average Bonchev–Trinajstić information content (AvgIpc) is 3.16. The molecule has 7 heteroatoms. The van der Waals surface area contributed by atoms with Crippen LogP contribution in [0.5, 0.6) is 0 Å². The molecule has 3 N–H and O–H groups in total. The quantitative estimate of drug-likeness (QED) is 0.425. The molecule has 0 aliphatic heterocycles. The molecule has 1 aliphatic carbocycles. The first-order valence-corrected chi connectivity index (χ1v) is 12.0. The highest BCUT2D eigenvalue weighted by Gasteiger charge is 2.29. The van der Waals surface area contributed by atoms with Gasteiger partial charge < -0.3 is 20.5 Å². The zero-order valence-corrected chi connectivity index (χ0v) is 19.9. The number of aliphatic carboxylic acids is 1. The van der Waals surface area contributed by atoms with E-state index in [1.165, 1.54) is 11.1 Å². The molecule has 182 valence electrons. The number of ether oxygens (including phenoxy) is 1. The third-order valence-electron chi connectivity index (χ3n) is 6.54. The molecular weight excluding hydrogens is 432 g/mol. The molecule has 2 unspecified atom stereocenters. The molecule has 2 aromatic rings. The van der Waals surface area contributed by atoms with Crippen LogP contribution in [-0.2, 0) is 14.3 Å². The largest absolute Gasteiger partial charge is 0.481 e. The molecule has 0 bridgehead atoms. The van der Waals surface area contributed by atoms with Crippen molar-refractivity contribution in [3.05, 3.63) is 59.7 Å². The van der Waals surface area contributed by atoms with Gasteiger partial charge in [0.1, 0.15) is 6.61 Å². The molecule has 0 spiro atoms. The van der Waals surface area contributed by atoms with E-state index in [9.17, 15) is 14.4 Å². The van der Waals surface area contributed by atoms with Gasteiger partial charge in [0.05, 0.1) is 5.92 Å². The van der Waals surface area contributed by atoms with Crippen LogP contribution in [0.4, 0.5) is 4.79 Å². The van der Waals surface area contributed by atoms with Gasteiger partial charge in [-0.1, -0.05) is 68.8 Å². The van der Waals surface area contributed by atoms with Gasteiger partial charge in [0.2, 0.25) is 5.91 Å². The fraction of sp³-hybridized carbons (Fsp3) is 0.444. The molecule has 7 nitrogen and oxygen atoms in total. The number of rotatable bonds is 12. The molecular formula is C27H34N2O5. The van der Waals surface area contributed by atoms with Crippen molar-refractivity contribution in [2.75, 3.05) is 19.7 Å². The summed E-state index contributed by atoms with van der Waals surface area (Å²) in [4.78, 5) is 35.4. The molecule has 0 saturated carbocycles. The van der Waals surface area contributed by atoms with Gasteiger partial charge in [0.15, 0.2) is 0 Å². The topological polar surface area (TPSA) is 105 Å². The molecule has 2 aromatic carbocycles. The molecule has 2 atom stereocenters. The van der Waals surface area contributed by atoms with Crippen LogP contribution in [0.25, 0.3) is 11.1 Å². The van der Waals surface area contributed by atoms with Crippen LogP contribution < -0.4 is 10.6 Å². The van der Waals surface area contributed by atoms with E-state index in [-0.39, 0.29) is 37.3 Å². The van der Waals surface area contributed by atoms with E-state index in [0.717, 1.165) is 24.0 Å². The summed E-state index contributed by atoms with van der Waals surface area (Å²) in [7, 11) is 0. The lowest BCUT2D eigenvalue weighted by Gasteiger charge is -2.17. The van der Waals surface area contributed by atoms with E-state index >= 15 is 0 Å². The Labute approximate surface area is 200 Å². The number of hydrogen-bond donors (Lipinski definition) is 3. The number of hydrogen-bond acceptors (Lipinski definition) is 4. The number of amides is 2. The van der Waals surface area contributed by atoms with Gasteiger partial charge in [0, 0.05) is 25.4 Å². The highest BCUT2D eigenvalue weighted by molar-refractivity contribution is 5.80. The lowest BCUT2D eigenvalue weighted by Crippen LogP contribution is -2.38. The first kappa shape index (κ1) is 25.3. The molecule has 0 aromatic heterocycles. The summed E-state index contributed by atoms with van der Waals surface area (Å²) in [5.41, 5.74) is 4.65. The van der Waals surface area contributed by atoms with E-state index in [0.29, 0.717) is 13.0 Å². The number of carbonyl (C=O) groups excluding carboxylic acids is 2. The zero-order chi connectivity index (χ0) is 24.5. The minimum atomic E-state index is -0.796. The molecule has 0 radical (unpaired) electrons. The summed E-state index contributed by atoms with van der Waals surface area (Å²) in [6.45, 7) is 4.68. The Morgan fingerprint density at radius 3 is 2.18 bits per heavy atom. The summed E-state index contributed by atoms with van der Waals surface area (Å²) >= 11 is 0. The second-order valence-corrected chi connectivity index (χ2v) is 8.89. The van der Waals surface area contributed by atoms with Crippen molar-refractivity contribution in [2.45, 2.75) is 45.4 Å². The maximum Gasteiger partial charge on any atom is 0.407 e. The standard InChI is InChI=1S/C27H34N2O5/c1-3-19(12-13-25(30)31)14-15-28-26(32)18(2)16-29-27(33)34-17-24-22-10-6-4-8-20(22)21-9-5-7-11-23(21)24/h4-11,18-19,24H,3,12-17H2,1-2H3,(H,28,32)(H,29,33)(H,30,31). The van der Waals surface area contributed by atoms with Crippen LogP contribution in [0.3, 0.4) is 0 Å². The average molecular weight is 467 g/mol. The van der Waals surface area contributed by atoms with E-state index < -0.39 is 18.0 Å². The maximum absolute atomic E-state index is 12.3. The Morgan fingerprint density at radius 2 is 1.59 bits per heavy atom. The SMILES string of the molecule is CCC(CCNC(=O)C(C)CNC(=O)OCC1c2ccccc2-c2ccccc21)CCC(=O)O. The van der Waals surface area contributed by atoms with Gasteiger partial charge in [-0.15, -0.1) is 0 Å². The van der Waals surface area contributed by atoms with Crippen LogP contribution in [0.2, 0.25) is 0 Å². The Hall–Kier alpha value is -3.35. The van der Waals surface area contributed by atoms with E-state index in [2.05, 4.69) is 34.9 Å². The van der Waals surface area contributed by atoms with Crippen molar-refractivity contribution in [1.29, 1.82) is 0 Å². The predicted octanol–water partition coefficient (Wildman–Crippen LogP) is 4.56. The number of fused-ring (bicyclic) bond motifs is 3. The third-order valence-corrected chi connectivity index (χ3v) is 6.54. The Bertz CT molecular complexity index is 961. The fourth-order valence-electron chi connectivity index (χ4n) is 4.43. The van der Waals surface area contributed by atoms with Crippen LogP contribution >= 0.6 is 0 Å². The highest BCUT2D eigenvalue weighted by atomic mass is 16.5. The summed E-state index contributed by atoms with van der Waals surface area (Å²) in [5.74, 6) is -1.08. The molecule has 1 aliphatic rings. The lowest BCUT2D eigenvalue weighted by atomic mass is 9.96. The van der Waals surface area contributed by atoms with Crippen molar-refractivity contribution in [1.82, 2.24) is 10.6 Å². The van der Waals surface area contributed by atoms with E-state index in [1.807, 2.05) is 31.2 Å². The third kappa shape index (κ3) is 6.59. The van der Waals surface area contributed by atoms with Gasteiger partial charge >= 0.3 is 12.1 Å². The molecule has 0 fully saturated rings. The molecule has 0 heterocycles. The minimum Gasteiger partial charge on any atom is -0.481 e. The Morgan fingerprint density at radius 1 is 0.971 bits per heavy atom. The van der Waals surface area contributed by atoms with Gasteiger partial charge in [0.25, 0.3) is 0 Å². The molecule has 34 heavy (non-hydrogen) atoms. The van der Waals surface area contributed by atoms with Crippen molar-refractivity contribution >= 4 is 18.0 Å². The van der Waals surface area contributed by atoms with Crippen molar-refractivity contribution in [3.63, 3.8) is 0 Å². The number of alkyl carbamates (subject to hydrolysis) is 1. The van der Waals surface area contributed by atoms with Gasteiger partial charge in [-0.2, -0.15) is 0 Å². The fourth-order valence-corrected chi connectivity index (χ4v) is 4.43. The summed E-state index contributed by atoms with van der Waals surface area (Å²) < 4.78 is 5.51. The lowest BCUT2D eigenvalue weighted by molar-refractivity contribution is -0.137. The van der Waals surface area contributed by atoms with Crippen LogP contribution in [0, 0.1) is 11.8 Å². The Kier molecular flexibility index (Phi) is 9.08. The van der Waals surface area contributed by atoms with Gasteiger partial charge in [-0.3, -0.25) is 9.59 Å². The summed E-state index contributed by atoms with van der Waals surface area (Å²) in [6, 6.07) is 16.3. The van der Waals surface area contributed by atoms with Crippen molar-refractivity contribution in [2.24, 2.45) is 11.8 Å². The van der Waals surface area contributed by atoms with E-state index in [4.69, 9.17) is 9.84 Å². The first-order valence-electron chi connectivity index (χ1n) is 12.0. The minimum absolute atomic E-state index is 0.00786. The number of benzene rings is 2. The van der Waals surface area contributed by atoms with Crippen molar-refractivity contribution < 1.29 is 24.2 Å². The van der Waals surface area contributed by atoms with Crippen LogP contribution in [0.1, 0.15) is 56.6 Å². The van der Waals surface area contributed by atoms with E-state index in [1.54, 1.807) is 6.92 Å². The van der Waals surface area contributed by atoms with Gasteiger partial charge in [-0.05, 0) is 41.0 Å². The van der Waals surface area contributed by atoms with Crippen molar-refractivity contribution in [3.8, 4) is 11.1 Å². The predicted molar refractivity (Wildman–Crippen MR) is 131 cm³/mol. The number of nitrogens with one attached hydrogen (secondary N) is 2. The zero-order valence-electron chi connectivity index (χ0n) is 19.9. The summed E-state index contributed by atoms with van der Waals surface area (Å²) in [6.07, 6.45) is 1.83. The first-order chi connectivity index (χ1) is 16.4. The monoisotopic (exact) mass is 466 g/mol. The number of carbonyl (C=O) groups is 3. The summed E-state index contributed by atoms with van der Waals surface area (Å²) in [5, 5.41) is 14.4. The molecule has 2 amide bonds. The smallest absolute Gasteiger partial charge is 0.407 e. The highest BCUT2D eigenvalue weighted by Crippen LogP contribution is 2.44. The van der Waals surface area contributed by atoms with Crippen LogP contribution in [0.15, 0.2) is 48.5 Å². The Balaban J connectivity index is 1.40. The second kappa shape index (κ2) is 12.2. The maximum atomic E-state index is 12.3. The molecule has 3 rings (SSSR count).